The molecule has 0 N–H and O–H groups in total. The predicted octanol–water partition coefficient (Wildman–Crippen LogP) is 0.332. The fraction of sp³-hybridized carbons (Fsp3) is 0.333. The standard InChI is InChI=1S/C6H5NO2S/c8-4-3-5-7(4)2-1-6(9)10-5/h1-2,5H,3H2/t5-/m1/s1. The van der Waals surface area contributed by atoms with Gasteiger partial charge >= 0.3 is 0 Å². The van der Waals surface area contributed by atoms with Crippen LogP contribution in [0.1, 0.15) is 6.42 Å². The average molecular weight is 155 g/mol. The number of hydrogen-bond acceptors (Lipinski definition) is 3. The van der Waals surface area contributed by atoms with E-state index in [1.165, 1.54) is 17.8 Å². The van der Waals surface area contributed by atoms with E-state index in [1.807, 2.05) is 0 Å². The number of carbonyl (C=O) groups is 2. The first-order valence-electron chi connectivity index (χ1n) is 2.97. The third-order valence-electron chi connectivity index (χ3n) is 1.57. The molecule has 4 heteroatoms. The van der Waals surface area contributed by atoms with E-state index in [0.717, 1.165) is 0 Å². The number of β-lactam (4-membered cyclic amide) rings is 1. The first kappa shape index (κ1) is 5.97. The van der Waals surface area contributed by atoms with Crippen LogP contribution in [0.4, 0.5) is 0 Å². The van der Waals surface area contributed by atoms with Crippen LogP contribution in [0.2, 0.25) is 0 Å². The maximum Gasteiger partial charge on any atom is 0.230 e. The minimum absolute atomic E-state index is 0.0498. The zero-order valence-corrected chi connectivity index (χ0v) is 5.93. The maximum atomic E-state index is 10.7. The Labute approximate surface area is 62.1 Å². The Bertz CT molecular complexity index is 236. The first-order chi connectivity index (χ1) is 4.77. The molecule has 1 atom stereocenters. The SMILES string of the molecule is O=C1C=CN2C(=O)C[C@H]2S1. The summed E-state index contributed by atoms with van der Waals surface area (Å²) >= 11 is 1.22. The van der Waals surface area contributed by atoms with E-state index in [9.17, 15) is 9.59 Å². The van der Waals surface area contributed by atoms with Gasteiger partial charge in [-0.15, -0.1) is 0 Å². The molecule has 2 aliphatic rings. The average Bonchev–Trinajstić information content (AvgIpc) is 1.86. The van der Waals surface area contributed by atoms with Crippen LogP contribution in [0, 0.1) is 0 Å². The molecule has 2 heterocycles. The van der Waals surface area contributed by atoms with Crippen LogP contribution in [0.5, 0.6) is 0 Å². The summed E-state index contributed by atoms with van der Waals surface area (Å²) in [7, 11) is 0. The molecule has 0 aromatic heterocycles. The minimum Gasteiger partial charge on any atom is -0.305 e. The summed E-state index contributed by atoms with van der Waals surface area (Å²) in [5.41, 5.74) is 0. The summed E-state index contributed by atoms with van der Waals surface area (Å²) in [4.78, 5) is 23.0. The van der Waals surface area contributed by atoms with Crippen LogP contribution in [0.3, 0.4) is 0 Å². The Balaban J connectivity index is 2.21. The Morgan fingerprint density at radius 2 is 2.40 bits per heavy atom. The van der Waals surface area contributed by atoms with Gasteiger partial charge < -0.3 is 4.90 Å². The van der Waals surface area contributed by atoms with Crippen molar-refractivity contribution in [2.24, 2.45) is 0 Å². The van der Waals surface area contributed by atoms with Gasteiger partial charge in [0.05, 0.1) is 11.8 Å². The van der Waals surface area contributed by atoms with Crippen molar-refractivity contribution < 1.29 is 9.59 Å². The van der Waals surface area contributed by atoms with Crippen LogP contribution in [-0.2, 0) is 9.59 Å². The summed E-state index contributed by atoms with van der Waals surface area (Å²) in [6, 6.07) is 0. The molecule has 0 saturated carbocycles. The molecule has 0 bridgehead atoms. The van der Waals surface area contributed by atoms with Gasteiger partial charge in [-0.05, 0) is 0 Å². The monoisotopic (exact) mass is 155 g/mol. The third-order valence-corrected chi connectivity index (χ3v) is 2.61. The summed E-state index contributed by atoms with van der Waals surface area (Å²) in [5.74, 6) is 0.112. The molecule has 1 saturated heterocycles. The molecule has 0 spiro atoms. The molecule has 52 valence electrons. The molecular formula is C6H5NO2S. The lowest BCUT2D eigenvalue weighted by Gasteiger charge is -2.38. The molecule has 0 radical (unpaired) electrons. The number of fused-ring (bicyclic) bond motifs is 1. The van der Waals surface area contributed by atoms with Gasteiger partial charge in [0.25, 0.3) is 0 Å². The summed E-state index contributed by atoms with van der Waals surface area (Å²) in [5, 5.41) is 0.152. The molecule has 3 nitrogen and oxygen atoms in total. The van der Waals surface area contributed by atoms with Crippen molar-refractivity contribution in [3.8, 4) is 0 Å². The molecule has 2 rings (SSSR count). The van der Waals surface area contributed by atoms with Crippen molar-refractivity contribution in [2.45, 2.75) is 11.8 Å². The number of nitrogens with zero attached hydrogens (tertiary/aromatic N) is 1. The van der Waals surface area contributed by atoms with E-state index in [4.69, 9.17) is 0 Å². The smallest absolute Gasteiger partial charge is 0.230 e. The van der Waals surface area contributed by atoms with E-state index in [0.29, 0.717) is 6.42 Å². The van der Waals surface area contributed by atoms with Gasteiger partial charge in [0.15, 0.2) is 0 Å². The highest BCUT2D eigenvalue weighted by Crippen LogP contribution is 2.33. The summed E-state index contributed by atoms with van der Waals surface area (Å²) < 4.78 is 0. The highest BCUT2D eigenvalue weighted by Gasteiger charge is 2.38. The lowest BCUT2D eigenvalue weighted by Crippen LogP contribution is -2.48. The van der Waals surface area contributed by atoms with E-state index >= 15 is 0 Å². The van der Waals surface area contributed by atoms with Crippen molar-refractivity contribution in [1.29, 1.82) is 0 Å². The second kappa shape index (κ2) is 1.85. The van der Waals surface area contributed by atoms with Gasteiger partial charge in [0.1, 0.15) is 0 Å². The zero-order chi connectivity index (χ0) is 7.14. The zero-order valence-electron chi connectivity index (χ0n) is 5.11. The normalized spacial score (nSPS) is 30.0. The maximum absolute atomic E-state index is 10.7. The molecule has 0 aromatic rings. The summed E-state index contributed by atoms with van der Waals surface area (Å²) in [6.07, 6.45) is 3.51. The van der Waals surface area contributed by atoms with Gasteiger partial charge in [-0.3, -0.25) is 9.59 Å². The van der Waals surface area contributed by atoms with Gasteiger partial charge in [-0.25, -0.2) is 0 Å². The molecule has 10 heavy (non-hydrogen) atoms. The number of carbonyl (C=O) groups excluding carboxylic acids is 2. The van der Waals surface area contributed by atoms with Gasteiger partial charge in [-0.2, -0.15) is 0 Å². The largest absolute Gasteiger partial charge is 0.305 e. The van der Waals surface area contributed by atoms with Crippen LogP contribution in [0.15, 0.2) is 12.3 Å². The second-order valence-electron chi connectivity index (χ2n) is 2.21. The van der Waals surface area contributed by atoms with Crippen molar-refractivity contribution in [1.82, 2.24) is 4.90 Å². The lowest BCUT2D eigenvalue weighted by atomic mass is 10.2. The summed E-state index contributed by atoms with van der Waals surface area (Å²) in [6.45, 7) is 0. The van der Waals surface area contributed by atoms with Crippen LogP contribution in [0.25, 0.3) is 0 Å². The lowest BCUT2D eigenvalue weighted by molar-refractivity contribution is -0.137. The Kier molecular flexibility index (Phi) is 1.11. The van der Waals surface area contributed by atoms with E-state index in [1.54, 1.807) is 11.1 Å². The molecule has 1 amide bonds. The van der Waals surface area contributed by atoms with E-state index in [2.05, 4.69) is 0 Å². The number of amides is 1. The third kappa shape index (κ3) is 0.686. The quantitative estimate of drug-likeness (QED) is 0.473. The van der Waals surface area contributed by atoms with Crippen LogP contribution in [-0.4, -0.2) is 21.3 Å². The van der Waals surface area contributed by atoms with Gasteiger partial charge in [-0.1, -0.05) is 11.8 Å². The minimum atomic E-state index is 0.0498. The molecule has 0 aromatic carbocycles. The topological polar surface area (TPSA) is 37.4 Å². The Morgan fingerprint density at radius 3 is 3.00 bits per heavy atom. The molecule has 1 fully saturated rings. The van der Waals surface area contributed by atoms with Crippen molar-refractivity contribution >= 4 is 22.8 Å². The van der Waals surface area contributed by atoms with Gasteiger partial charge in [0, 0.05) is 12.3 Å². The van der Waals surface area contributed by atoms with Crippen molar-refractivity contribution in [2.75, 3.05) is 0 Å². The Morgan fingerprint density at radius 1 is 1.60 bits per heavy atom. The fourth-order valence-corrected chi connectivity index (χ4v) is 1.93. The number of rotatable bonds is 0. The molecule has 0 aliphatic carbocycles. The highest BCUT2D eigenvalue weighted by molar-refractivity contribution is 8.14. The van der Waals surface area contributed by atoms with Crippen molar-refractivity contribution in [3.05, 3.63) is 12.3 Å². The molecule has 0 unspecified atom stereocenters. The fourth-order valence-electron chi connectivity index (χ4n) is 0.993. The first-order valence-corrected chi connectivity index (χ1v) is 3.85. The number of thioether (sulfide) groups is 1. The van der Waals surface area contributed by atoms with Crippen LogP contribution < -0.4 is 0 Å². The second-order valence-corrected chi connectivity index (χ2v) is 3.39. The van der Waals surface area contributed by atoms with Crippen molar-refractivity contribution in [3.63, 3.8) is 0 Å². The van der Waals surface area contributed by atoms with Crippen LogP contribution >= 0.6 is 11.8 Å². The van der Waals surface area contributed by atoms with E-state index < -0.39 is 0 Å². The number of hydrogen-bond donors (Lipinski definition) is 0. The Hall–Kier alpha value is -0.770. The molecular weight excluding hydrogens is 150 g/mol. The highest BCUT2D eigenvalue weighted by atomic mass is 32.2. The van der Waals surface area contributed by atoms with Gasteiger partial charge in [0.2, 0.25) is 11.0 Å². The van der Waals surface area contributed by atoms with E-state index in [-0.39, 0.29) is 16.4 Å². The predicted molar refractivity (Wildman–Crippen MR) is 37.0 cm³/mol. The molecule has 2 aliphatic heterocycles.